The van der Waals surface area contributed by atoms with Gasteiger partial charge in [0.2, 0.25) is 0 Å². The van der Waals surface area contributed by atoms with Crippen LogP contribution in [0.3, 0.4) is 0 Å². The van der Waals surface area contributed by atoms with Gasteiger partial charge in [-0.3, -0.25) is 0 Å². The van der Waals surface area contributed by atoms with Crippen LogP contribution >= 0.6 is 0 Å². The number of rotatable bonds is 6. The minimum atomic E-state index is 0.605. The van der Waals surface area contributed by atoms with E-state index < -0.39 is 0 Å². The highest BCUT2D eigenvalue weighted by atomic mass is 15.0. The van der Waals surface area contributed by atoms with E-state index >= 15 is 0 Å². The second-order valence-corrected chi connectivity index (χ2v) is 3.37. The summed E-state index contributed by atoms with van der Waals surface area (Å²) in [7, 11) is 0. The highest BCUT2D eigenvalue weighted by molar-refractivity contribution is 4.60. The molecule has 0 radical (unpaired) electrons. The monoisotopic (exact) mass is 158 g/mol. The Labute approximate surface area is 70.8 Å². The summed E-state index contributed by atoms with van der Waals surface area (Å²) >= 11 is 0. The smallest absolute Gasteiger partial charge is 0.00793 e. The molecule has 0 aromatic heterocycles. The Balaban J connectivity index is 3.01. The fraction of sp³-hybridized carbons (Fsp3) is 1.00. The third-order valence-corrected chi connectivity index (χ3v) is 1.78. The summed E-state index contributed by atoms with van der Waals surface area (Å²) in [5.74, 6) is 0. The van der Waals surface area contributed by atoms with Gasteiger partial charge in [0.25, 0.3) is 0 Å². The predicted molar refractivity (Wildman–Crippen MR) is 50.9 cm³/mol. The van der Waals surface area contributed by atoms with Crippen LogP contribution in [-0.2, 0) is 0 Å². The second-order valence-electron chi connectivity index (χ2n) is 3.37. The molecule has 1 unspecified atom stereocenters. The number of hydrogen-bond donors (Lipinski definition) is 2. The standard InChI is InChI=1S/C9H22N2/c1-5-9(4)11-7-6-10-8(2)3/h8-11H,5-7H2,1-4H3. The van der Waals surface area contributed by atoms with E-state index in [1.807, 2.05) is 0 Å². The molecule has 0 aliphatic carbocycles. The Kier molecular flexibility index (Phi) is 6.57. The van der Waals surface area contributed by atoms with Gasteiger partial charge in [-0.25, -0.2) is 0 Å². The molecule has 0 amide bonds. The maximum atomic E-state index is 3.43. The Hall–Kier alpha value is -0.0800. The molecule has 2 nitrogen and oxygen atoms in total. The van der Waals surface area contributed by atoms with Crippen LogP contribution in [-0.4, -0.2) is 25.2 Å². The highest BCUT2D eigenvalue weighted by Crippen LogP contribution is 1.85. The van der Waals surface area contributed by atoms with Crippen LogP contribution < -0.4 is 10.6 Å². The fourth-order valence-corrected chi connectivity index (χ4v) is 0.824. The Bertz CT molecular complexity index is 81.6. The van der Waals surface area contributed by atoms with Crippen molar-refractivity contribution in [3.8, 4) is 0 Å². The summed E-state index contributed by atoms with van der Waals surface area (Å²) in [6.07, 6.45) is 1.21. The van der Waals surface area contributed by atoms with Crippen molar-refractivity contribution >= 4 is 0 Å². The SMILES string of the molecule is CCC(C)NCCNC(C)C. The van der Waals surface area contributed by atoms with E-state index in [1.54, 1.807) is 0 Å². The summed E-state index contributed by atoms with van der Waals surface area (Å²) in [5.41, 5.74) is 0. The first-order valence-electron chi connectivity index (χ1n) is 4.63. The lowest BCUT2D eigenvalue weighted by molar-refractivity contribution is 0.499. The molecular weight excluding hydrogens is 136 g/mol. The summed E-state index contributed by atoms with van der Waals surface area (Å²) < 4.78 is 0. The fourth-order valence-electron chi connectivity index (χ4n) is 0.824. The van der Waals surface area contributed by atoms with Gasteiger partial charge in [0.1, 0.15) is 0 Å². The van der Waals surface area contributed by atoms with Crippen LogP contribution in [0.25, 0.3) is 0 Å². The molecule has 0 fully saturated rings. The lowest BCUT2D eigenvalue weighted by Crippen LogP contribution is -2.35. The molecule has 0 saturated carbocycles. The van der Waals surface area contributed by atoms with E-state index in [-0.39, 0.29) is 0 Å². The maximum Gasteiger partial charge on any atom is 0.00793 e. The zero-order chi connectivity index (χ0) is 8.69. The van der Waals surface area contributed by atoms with Crippen LogP contribution in [0.1, 0.15) is 34.1 Å². The normalized spacial score (nSPS) is 13.9. The zero-order valence-electron chi connectivity index (χ0n) is 8.28. The van der Waals surface area contributed by atoms with Crippen LogP contribution in [0.4, 0.5) is 0 Å². The average Bonchev–Trinajstić information content (AvgIpc) is 1.97. The third kappa shape index (κ3) is 7.82. The van der Waals surface area contributed by atoms with E-state index in [0.717, 1.165) is 13.1 Å². The molecule has 0 aliphatic rings. The van der Waals surface area contributed by atoms with E-state index in [9.17, 15) is 0 Å². The van der Waals surface area contributed by atoms with Crippen LogP contribution in [0.2, 0.25) is 0 Å². The summed E-state index contributed by atoms with van der Waals surface area (Å²) in [6.45, 7) is 10.9. The molecule has 1 atom stereocenters. The van der Waals surface area contributed by atoms with Crippen molar-refractivity contribution in [1.82, 2.24) is 10.6 Å². The van der Waals surface area contributed by atoms with Crippen molar-refractivity contribution in [1.29, 1.82) is 0 Å². The lowest BCUT2D eigenvalue weighted by atomic mass is 10.2. The number of hydrogen-bond acceptors (Lipinski definition) is 2. The third-order valence-electron chi connectivity index (χ3n) is 1.78. The van der Waals surface area contributed by atoms with Gasteiger partial charge in [-0.05, 0) is 13.3 Å². The Morgan fingerprint density at radius 3 is 2.00 bits per heavy atom. The van der Waals surface area contributed by atoms with Crippen LogP contribution in [0, 0.1) is 0 Å². The van der Waals surface area contributed by atoms with E-state index in [1.165, 1.54) is 6.42 Å². The van der Waals surface area contributed by atoms with Gasteiger partial charge in [-0.15, -0.1) is 0 Å². The molecule has 0 aromatic carbocycles. The van der Waals surface area contributed by atoms with Gasteiger partial charge in [0.05, 0.1) is 0 Å². The van der Waals surface area contributed by atoms with Crippen molar-refractivity contribution in [3.05, 3.63) is 0 Å². The van der Waals surface area contributed by atoms with Crippen LogP contribution in [0.5, 0.6) is 0 Å². The summed E-state index contributed by atoms with van der Waals surface area (Å²) in [6, 6.07) is 1.26. The minimum Gasteiger partial charge on any atom is -0.313 e. The first-order valence-corrected chi connectivity index (χ1v) is 4.63. The topological polar surface area (TPSA) is 24.1 Å². The van der Waals surface area contributed by atoms with Crippen molar-refractivity contribution < 1.29 is 0 Å². The molecule has 0 aromatic rings. The predicted octanol–water partition coefficient (Wildman–Crippen LogP) is 1.37. The molecule has 11 heavy (non-hydrogen) atoms. The largest absolute Gasteiger partial charge is 0.313 e. The molecule has 0 aliphatic heterocycles. The number of nitrogens with one attached hydrogen (secondary N) is 2. The Morgan fingerprint density at radius 2 is 1.55 bits per heavy atom. The second kappa shape index (κ2) is 6.62. The quantitative estimate of drug-likeness (QED) is 0.571. The Morgan fingerprint density at radius 1 is 1.00 bits per heavy atom. The van der Waals surface area contributed by atoms with Crippen molar-refractivity contribution in [2.45, 2.75) is 46.2 Å². The van der Waals surface area contributed by atoms with Gasteiger partial charge in [0, 0.05) is 25.2 Å². The zero-order valence-corrected chi connectivity index (χ0v) is 8.28. The summed E-state index contributed by atoms with van der Waals surface area (Å²) in [4.78, 5) is 0. The molecule has 0 saturated heterocycles. The maximum absolute atomic E-state index is 3.43. The van der Waals surface area contributed by atoms with E-state index in [2.05, 4.69) is 38.3 Å². The molecule has 0 bridgehead atoms. The van der Waals surface area contributed by atoms with E-state index in [0.29, 0.717) is 12.1 Å². The van der Waals surface area contributed by atoms with Gasteiger partial charge >= 0.3 is 0 Å². The molecule has 2 heteroatoms. The minimum absolute atomic E-state index is 0.605. The molecule has 68 valence electrons. The van der Waals surface area contributed by atoms with E-state index in [4.69, 9.17) is 0 Å². The van der Waals surface area contributed by atoms with Crippen LogP contribution in [0.15, 0.2) is 0 Å². The van der Waals surface area contributed by atoms with Crippen molar-refractivity contribution in [2.24, 2.45) is 0 Å². The molecule has 0 heterocycles. The van der Waals surface area contributed by atoms with Crippen molar-refractivity contribution in [2.75, 3.05) is 13.1 Å². The molecular formula is C9H22N2. The van der Waals surface area contributed by atoms with Gasteiger partial charge in [0.15, 0.2) is 0 Å². The highest BCUT2D eigenvalue weighted by Gasteiger charge is 1.95. The van der Waals surface area contributed by atoms with Crippen molar-refractivity contribution in [3.63, 3.8) is 0 Å². The lowest BCUT2D eigenvalue weighted by Gasteiger charge is -2.12. The van der Waals surface area contributed by atoms with Gasteiger partial charge in [-0.1, -0.05) is 20.8 Å². The average molecular weight is 158 g/mol. The van der Waals surface area contributed by atoms with Gasteiger partial charge < -0.3 is 10.6 Å². The van der Waals surface area contributed by atoms with Gasteiger partial charge in [-0.2, -0.15) is 0 Å². The molecule has 0 rings (SSSR count). The first-order chi connectivity index (χ1) is 5.16. The first kappa shape index (κ1) is 10.9. The summed E-state index contributed by atoms with van der Waals surface area (Å²) in [5, 5.41) is 6.79. The molecule has 0 spiro atoms. The molecule has 2 N–H and O–H groups in total.